The van der Waals surface area contributed by atoms with E-state index >= 15 is 0 Å². The van der Waals surface area contributed by atoms with Gasteiger partial charge in [-0.3, -0.25) is 0 Å². The van der Waals surface area contributed by atoms with Gasteiger partial charge in [-0.05, 0) is 35.4 Å². The van der Waals surface area contributed by atoms with Crippen LogP contribution in [0.5, 0.6) is 0 Å². The van der Waals surface area contributed by atoms with Crippen molar-refractivity contribution >= 4 is 26.2 Å². The zero-order valence-corrected chi connectivity index (χ0v) is 9.76. The number of halogens is 1. The van der Waals surface area contributed by atoms with E-state index in [9.17, 15) is 4.39 Å². The summed E-state index contributed by atoms with van der Waals surface area (Å²) in [5, 5.41) is 3.55. The molecule has 0 atom stereocenters. The van der Waals surface area contributed by atoms with Gasteiger partial charge in [0.05, 0.1) is 0 Å². The van der Waals surface area contributed by atoms with Crippen LogP contribution >= 0.6 is 0 Å². The Bertz CT molecular complexity index is 463. The minimum Gasteiger partial charge on any atom is -0.207 e. The molecule has 0 aliphatic heterocycles. The number of rotatable bonds is 0. The molecular weight excluding hydrogens is 179 g/mol. The highest BCUT2D eigenvalue weighted by Crippen LogP contribution is 2.16. The molecule has 0 aliphatic carbocycles. The minimum atomic E-state index is -0.111. The zero-order chi connectivity index (χ0) is 9.42. The smallest absolute Gasteiger partial charge is 0.126 e. The molecule has 0 heterocycles. The second-order valence-corrected chi connectivity index (χ2v) is 4.47. The summed E-state index contributed by atoms with van der Waals surface area (Å²) in [5.41, 5.74) is 0.732. The van der Waals surface area contributed by atoms with Gasteiger partial charge in [0.2, 0.25) is 0 Å². The quantitative estimate of drug-likeness (QED) is 0.549. The molecule has 0 saturated carbocycles. The van der Waals surface area contributed by atoms with Crippen molar-refractivity contribution in [1.29, 1.82) is 0 Å². The Morgan fingerprint density at radius 3 is 2.77 bits per heavy atom. The van der Waals surface area contributed by atoms with Crippen LogP contribution in [0.2, 0.25) is 0 Å². The van der Waals surface area contributed by atoms with Crippen LogP contribution < -0.4 is 5.19 Å². The number of hydrogen-bond acceptors (Lipinski definition) is 0. The molecule has 0 aliphatic rings. The van der Waals surface area contributed by atoms with Crippen molar-refractivity contribution in [3.05, 3.63) is 41.7 Å². The van der Waals surface area contributed by atoms with E-state index in [1.54, 1.807) is 6.07 Å². The molecule has 2 aromatic carbocycles. The second-order valence-electron chi connectivity index (χ2n) is 3.40. The topological polar surface area (TPSA) is 0 Å². The van der Waals surface area contributed by atoms with Gasteiger partial charge >= 0.3 is 0 Å². The summed E-state index contributed by atoms with van der Waals surface area (Å²) in [4.78, 5) is 0. The standard InChI is InChI=1S/C11H11FSi/c1-7-5-9-8(6-10(7)12)3-2-4-11(9)13/h2-6H,1,13H3. The molecule has 2 heteroatoms. The Labute approximate surface area is 79.8 Å². The van der Waals surface area contributed by atoms with Gasteiger partial charge in [-0.25, -0.2) is 4.39 Å². The molecule has 0 N–H and O–H groups in total. The third kappa shape index (κ3) is 1.38. The summed E-state index contributed by atoms with van der Waals surface area (Å²) < 4.78 is 13.2. The van der Waals surface area contributed by atoms with Crippen molar-refractivity contribution < 1.29 is 4.39 Å². The molecule has 2 aromatic rings. The largest absolute Gasteiger partial charge is 0.207 e. The predicted molar refractivity (Wildman–Crippen MR) is 58.2 cm³/mol. The van der Waals surface area contributed by atoms with Gasteiger partial charge in [0.15, 0.2) is 0 Å². The molecule has 0 radical (unpaired) electrons. The van der Waals surface area contributed by atoms with Crippen molar-refractivity contribution in [2.75, 3.05) is 0 Å². The van der Waals surface area contributed by atoms with Crippen LogP contribution in [0.3, 0.4) is 0 Å². The summed E-state index contributed by atoms with van der Waals surface area (Å²) in [5.74, 6) is -0.111. The molecular formula is C11H11FSi. The predicted octanol–water partition coefficient (Wildman–Crippen LogP) is 1.28. The Morgan fingerprint density at radius 1 is 1.23 bits per heavy atom. The van der Waals surface area contributed by atoms with Gasteiger partial charge in [0, 0.05) is 10.2 Å². The van der Waals surface area contributed by atoms with E-state index in [-0.39, 0.29) is 5.82 Å². The maximum absolute atomic E-state index is 13.2. The van der Waals surface area contributed by atoms with Crippen LogP contribution in [0.25, 0.3) is 10.8 Å². The van der Waals surface area contributed by atoms with Crippen molar-refractivity contribution in [1.82, 2.24) is 0 Å². The van der Waals surface area contributed by atoms with Gasteiger partial charge in [-0.15, -0.1) is 0 Å². The Kier molecular flexibility index (Phi) is 1.92. The van der Waals surface area contributed by atoms with Gasteiger partial charge < -0.3 is 0 Å². The SMILES string of the molecule is Cc1cc2c([SiH3])cccc2cc1F. The number of aryl methyl sites for hydroxylation is 1. The first-order valence-corrected chi connectivity index (χ1v) is 5.34. The fourth-order valence-electron chi connectivity index (χ4n) is 1.56. The van der Waals surface area contributed by atoms with Crippen LogP contribution in [0, 0.1) is 12.7 Å². The van der Waals surface area contributed by atoms with Crippen LogP contribution in [0.1, 0.15) is 5.56 Å². The lowest BCUT2D eigenvalue weighted by atomic mass is 10.1. The third-order valence-corrected chi connectivity index (χ3v) is 3.25. The van der Waals surface area contributed by atoms with Gasteiger partial charge in [-0.1, -0.05) is 23.4 Å². The maximum atomic E-state index is 13.2. The van der Waals surface area contributed by atoms with E-state index in [0.29, 0.717) is 0 Å². The highest BCUT2D eigenvalue weighted by atomic mass is 28.1. The average Bonchev–Trinajstić information content (AvgIpc) is 2.09. The lowest BCUT2D eigenvalue weighted by molar-refractivity contribution is 0.620. The lowest BCUT2D eigenvalue weighted by Gasteiger charge is -2.03. The first-order valence-electron chi connectivity index (χ1n) is 4.34. The Hall–Kier alpha value is -1.15. The van der Waals surface area contributed by atoms with Crippen LogP contribution in [-0.2, 0) is 0 Å². The van der Waals surface area contributed by atoms with E-state index < -0.39 is 0 Å². The molecule has 0 amide bonds. The van der Waals surface area contributed by atoms with Crippen molar-refractivity contribution in [3.8, 4) is 0 Å². The summed E-state index contributed by atoms with van der Waals surface area (Å²) >= 11 is 0. The zero-order valence-electron chi connectivity index (χ0n) is 7.76. The van der Waals surface area contributed by atoms with Crippen molar-refractivity contribution in [2.45, 2.75) is 6.92 Å². The van der Waals surface area contributed by atoms with E-state index in [4.69, 9.17) is 0 Å². The number of hydrogen-bond donors (Lipinski definition) is 0. The first kappa shape index (κ1) is 8.45. The molecule has 2 rings (SSSR count). The highest BCUT2D eigenvalue weighted by molar-refractivity contribution is 6.38. The van der Waals surface area contributed by atoms with E-state index in [1.807, 2.05) is 25.1 Å². The summed E-state index contributed by atoms with van der Waals surface area (Å²) in [7, 11) is 1.01. The summed E-state index contributed by atoms with van der Waals surface area (Å²) in [6, 6.07) is 9.60. The fourth-order valence-corrected chi connectivity index (χ4v) is 2.19. The van der Waals surface area contributed by atoms with E-state index in [2.05, 4.69) is 6.07 Å². The Balaban J connectivity index is 2.89. The molecule has 0 fully saturated rings. The maximum Gasteiger partial charge on any atom is 0.126 e. The Morgan fingerprint density at radius 2 is 2.00 bits per heavy atom. The minimum absolute atomic E-state index is 0.111. The molecule has 0 bridgehead atoms. The first-order chi connectivity index (χ1) is 6.18. The summed E-state index contributed by atoms with van der Waals surface area (Å²) in [6.45, 7) is 1.81. The van der Waals surface area contributed by atoms with Crippen LogP contribution in [0.15, 0.2) is 30.3 Å². The number of benzene rings is 2. The molecule has 0 saturated heterocycles. The fraction of sp³-hybridized carbons (Fsp3) is 0.0909. The summed E-state index contributed by atoms with van der Waals surface area (Å²) in [6.07, 6.45) is 0. The molecule has 13 heavy (non-hydrogen) atoms. The van der Waals surface area contributed by atoms with E-state index in [1.165, 1.54) is 10.6 Å². The lowest BCUT2D eigenvalue weighted by Crippen LogP contribution is -2.03. The molecule has 66 valence electrons. The average molecular weight is 190 g/mol. The molecule has 0 spiro atoms. The normalized spacial score (nSPS) is 10.9. The van der Waals surface area contributed by atoms with Gasteiger partial charge in [0.25, 0.3) is 0 Å². The van der Waals surface area contributed by atoms with Crippen molar-refractivity contribution in [2.24, 2.45) is 0 Å². The highest BCUT2D eigenvalue weighted by Gasteiger charge is 2.01. The van der Waals surface area contributed by atoms with E-state index in [0.717, 1.165) is 21.2 Å². The van der Waals surface area contributed by atoms with Crippen LogP contribution in [-0.4, -0.2) is 10.2 Å². The number of fused-ring (bicyclic) bond motifs is 1. The van der Waals surface area contributed by atoms with Crippen LogP contribution in [0.4, 0.5) is 4.39 Å². The van der Waals surface area contributed by atoms with Gasteiger partial charge in [0.1, 0.15) is 5.82 Å². The second kappa shape index (κ2) is 2.96. The molecule has 0 aromatic heterocycles. The van der Waals surface area contributed by atoms with Gasteiger partial charge in [-0.2, -0.15) is 0 Å². The van der Waals surface area contributed by atoms with Crippen molar-refractivity contribution in [3.63, 3.8) is 0 Å². The molecule has 0 unspecified atom stereocenters. The molecule has 0 nitrogen and oxygen atoms in total. The third-order valence-electron chi connectivity index (χ3n) is 2.38. The monoisotopic (exact) mass is 190 g/mol.